The number of benzene rings is 1. The van der Waals surface area contributed by atoms with Crippen LogP contribution in [0.25, 0.3) is 11.0 Å². The van der Waals surface area contributed by atoms with Crippen LogP contribution in [0.4, 0.5) is 4.79 Å². The van der Waals surface area contributed by atoms with E-state index in [0.717, 1.165) is 9.86 Å². The van der Waals surface area contributed by atoms with Crippen molar-refractivity contribution in [2.45, 2.75) is 32.9 Å². The zero-order valence-electron chi connectivity index (χ0n) is 11.0. The van der Waals surface area contributed by atoms with Crippen LogP contribution in [0.2, 0.25) is 0 Å². The van der Waals surface area contributed by atoms with Gasteiger partial charge >= 0.3 is 6.09 Å². The SMILES string of the molecule is CC(C)(C)OC(=O)NCc1noc2ccc(Br)cc12. The molecule has 1 amide bonds. The number of hydrogen-bond acceptors (Lipinski definition) is 4. The van der Waals surface area contributed by atoms with E-state index in [2.05, 4.69) is 26.4 Å². The van der Waals surface area contributed by atoms with Crippen LogP contribution >= 0.6 is 15.9 Å². The van der Waals surface area contributed by atoms with E-state index in [1.807, 2.05) is 39.0 Å². The lowest BCUT2D eigenvalue weighted by Gasteiger charge is -2.19. The second-order valence-corrected chi connectivity index (χ2v) is 6.04. The molecule has 0 atom stereocenters. The third-order valence-corrected chi connectivity index (χ3v) is 2.80. The first-order chi connectivity index (χ1) is 8.85. The minimum Gasteiger partial charge on any atom is -0.444 e. The van der Waals surface area contributed by atoms with Crippen molar-refractivity contribution in [2.24, 2.45) is 0 Å². The highest BCUT2D eigenvalue weighted by Gasteiger charge is 2.17. The molecule has 0 unspecified atom stereocenters. The fourth-order valence-corrected chi connectivity index (χ4v) is 1.92. The first kappa shape index (κ1) is 13.9. The lowest BCUT2D eigenvalue weighted by Crippen LogP contribution is -2.32. The number of alkyl carbamates (subject to hydrolysis) is 1. The summed E-state index contributed by atoms with van der Waals surface area (Å²) >= 11 is 3.39. The predicted octanol–water partition coefficient (Wildman–Crippen LogP) is 3.62. The summed E-state index contributed by atoms with van der Waals surface area (Å²) in [7, 11) is 0. The topological polar surface area (TPSA) is 64.4 Å². The minimum absolute atomic E-state index is 0.262. The molecule has 0 aliphatic rings. The van der Waals surface area contributed by atoms with Gasteiger partial charge in [0, 0.05) is 9.86 Å². The van der Waals surface area contributed by atoms with Gasteiger partial charge in [-0.3, -0.25) is 0 Å². The summed E-state index contributed by atoms with van der Waals surface area (Å²) < 4.78 is 11.3. The Morgan fingerprint density at radius 2 is 2.21 bits per heavy atom. The second-order valence-electron chi connectivity index (χ2n) is 5.13. The summed E-state index contributed by atoms with van der Waals surface area (Å²) in [6.45, 7) is 5.71. The van der Waals surface area contributed by atoms with E-state index in [4.69, 9.17) is 9.26 Å². The molecule has 0 fully saturated rings. The summed E-state index contributed by atoms with van der Waals surface area (Å²) in [4.78, 5) is 11.6. The fraction of sp³-hybridized carbons (Fsp3) is 0.385. The van der Waals surface area contributed by atoms with E-state index in [-0.39, 0.29) is 6.54 Å². The van der Waals surface area contributed by atoms with Crippen molar-refractivity contribution in [3.05, 3.63) is 28.4 Å². The molecule has 0 spiro atoms. The largest absolute Gasteiger partial charge is 0.444 e. The third kappa shape index (κ3) is 3.70. The van der Waals surface area contributed by atoms with Crippen molar-refractivity contribution in [1.29, 1.82) is 0 Å². The monoisotopic (exact) mass is 326 g/mol. The number of nitrogens with one attached hydrogen (secondary N) is 1. The lowest BCUT2D eigenvalue weighted by atomic mass is 10.2. The van der Waals surface area contributed by atoms with E-state index in [0.29, 0.717) is 11.3 Å². The van der Waals surface area contributed by atoms with E-state index < -0.39 is 11.7 Å². The van der Waals surface area contributed by atoms with Crippen molar-refractivity contribution in [2.75, 3.05) is 0 Å². The van der Waals surface area contributed by atoms with E-state index in [1.54, 1.807) is 0 Å². The molecule has 1 heterocycles. The Labute approximate surface area is 119 Å². The van der Waals surface area contributed by atoms with Gasteiger partial charge in [0.1, 0.15) is 11.3 Å². The summed E-state index contributed by atoms with van der Waals surface area (Å²) in [6, 6.07) is 5.60. The smallest absolute Gasteiger partial charge is 0.407 e. The number of fused-ring (bicyclic) bond motifs is 1. The first-order valence-electron chi connectivity index (χ1n) is 5.86. The molecule has 19 heavy (non-hydrogen) atoms. The maximum Gasteiger partial charge on any atom is 0.407 e. The summed E-state index contributed by atoms with van der Waals surface area (Å²) in [5.74, 6) is 0. The third-order valence-electron chi connectivity index (χ3n) is 2.31. The summed E-state index contributed by atoms with van der Waals surface area (Å²) in [6.07, 6.45) is -0.473. The van der Waals surface area contributed by atoms with Gasteiger partial charge in [0.15, 0.2) is 5.58 Å². The molecule has 0 saturated carbocycles. The van der Waals surface area contributed by atoms with Crippen LogP contribution in [-0.2, 0) is 11.3 Å². The number of halogens is 1. The molecule has 1 aromatic heterocycles. The van der Waals surface area contributed by atoms with Crippen LogP contribution in [0.15, 0.2) is 27.2 Å². The molecule has 102 valence electrons. The average Bonchev–Trinajstić information content (AvgIpc) is 2.66. The van der Waals surface area contributed by atoms with Crippen LogP contribution in [0.3, 0.4) is 0 Å². The van der Waals surface area contributed by atoms with Gasteiger partial charge in [-0.2, -0.15) is 0 Å². The van der Waals surface area contributed by atoms with Gasteiger partial charge in [-0.15, -0.1) is 0 Å². The molecule has 0 radical (unpaired) electrons. The van der Waals surface area contributed by atoms with Gasteiger partial charge in [0.2, 0.25) is 0 Å². The Kier molecular flexibility index (Phi) is 3.80. The number of ether oxygens (including phenoxy) is 1. The Bertz CT molecular complexity index is 601. The number of carbonyl (C=O) groups excluding carboxylic acids is 1. The lowest BCUT2D eigenvalue weighted by molar-refractivity contribution is 0.0523. The van der Waals surface area contributed by atoms with Crippen LogP contribution in [0, 0.1) is 0 Å². The Morgan fingerprint density at radius 1 is 1.47 bits per heavy atom. The average molecular weight is 327 g/mol. The van der Waals surface area contributed by atoms with Gasteiger partial charge in [-0.25, -0.2) is 4.79 Å². The van der Waals surface area contributed by atoms with Crippen molar-refractivity contribution in [3.8, 4) is 0 Å². The van der Waals surface area contributed by atoms with Crippen LogP contribution in [0.5, 0.6) is 0 Å². The number of hydrogen-bond donors (Lipinski definition) is 1. The van der Waals surface area contributed by atoms with Gasteiger partial charge in [-0.1, -0.05) is 21.1 Å². The van der Waals surface area contributed by atoms with E-state index in [9.17, 15) is 4.79 Å². The maximum atomic E-state index is 11.6. The number of carbonyl (C=O) groups is 1. The zero-order chi connectivity index (χ0) is 14.0. The quantitative estimate of drug-likeness (QED) is 0.915. The predicted molar refractivity (Wildman–Crippen MR) is 74.8 cm³/mol. The maximum absolute atomic E-state index is 11.6. The van der Waals surface area contributed by atoms with Crippen LogP contribution in [-0.4, -0.2) is 16.9 Å². The van der Waals surface area contributed by atoms with Crippen molar-refractivity contribution in [3.63, 3.8) is 0 Å². The highest BCUT2D eigenvalue weighted by Crippen LogP contribution is 2.22. The van der Waals surface area contributed by atoms with Gasteiger partial charge in [-0.05, 0) is 39.0 Å². The molecule has 0 saturated heterocycles. The number of aromatic nitrogens is 1. The van der Waals surface area contributed by atoms with E-state index >= 15 is 0 Å². The van der Waals surface area contributed by atoms with Crippen molar-refractivity contribution >= 4 is 33.0 Å². The number of nitrogens with zero attached hydrogens (tertiary/aromatic N) is 1. The number of amides is 1. The van der Waals surface area contributed by atoms with Crippen molar-refractivity contribution in [1.82, 2.24) is 10.5 Å². The molecular formula is C13H15BrN2O3. The molecule has 0 bridgehead atoms. The number of rotatable bonds is 2. The van der Waals surface area contributed by atoms with E-state index in [1.165, 1.54) is 0 Å². The van der Waals surface area contributed by atoms with Crippen LogP contribution in [0.1, 0.15) is 26.5 Å². The summed E-state index contributed by atoms with van der Waals surface area (Å²) in [5, 5.41) is 7.46. The highest BCUT2D eigenvalue weighted by atomic mass is 79.9. The zero-order valence-corrected chi connectivity index (χ0v) is 12.6. The molecule has 0 aliphatic heterocycles. The standard InChI is InChI=1S/C13H15BrN2O3/c1-13(2,3)18-12(17)15-7-10-9-6-8(14)4-5-11(9)19-16-10/h4-6H,7H2,1-3H3,(H,15,17). The Morgan fingerprint density at radius 3 is 2.89 bits per heavy atom. The van der Waals surface area contributed by atoms with Crippen LogP contribution < -0.4 is 5.32 Å². The van der Waals surface area contributed by atoms with Gasteiger partial charge in [0.25, 0.3) is 0 Å². The second kappa shape index (κ2) is 5.21. The van der Waals surface area contributed by atoms with Gasteiger partial charge < -0.3 is 14.6 Å². The summed E-state index contributed by atoms with van der Waals surface area (Å²) in [5.41, 5.74) is 0.838. The molecule has 0 aliphatic carbocycles. The molecule has 2 rings (SSSR count). The highest BCUT2D eigenvalue weighted by molar-refractivity contribution is 9.10. The molecule has 1 N–H and O–H groups in total. The fourth-order valence-electron chi connectivity index (χ4n) is 1.56. The van der Waals surface area contributed by atoms with Gasteiger partial charge in [0.05, 0.1) is 6.54 Å². The van der Waals surface area contributed by atoms with Crippen molar-refractivity contribution < 1.29 is 14.1 Å². The normalized spacial score (nSPS) is 11.6. The molecule has 1 aromatic carbocycles. The minimum atomic E-state index is -0.515. The Hall–Kier alpha value is -1.56. The molecule has 5 nitrogen and oxygen atoms in total. The molecular weight excluding hydrogens is 312 g/mol. The Balaban J connectivity index is 2.06. The molecule has 2 aromatic rings. The first-order valence-corrected chi connectivity index (χ1v) is 6.65. The molecule has 6 heteroatoms.